The molecule has 1 saturated carbocycles. The van der Waals surface area contributed by atoms with E-state index in [1.54, 1.807) is 24.5 Å². The molecule has 2 atom stereocenters. The summed E-state index contributed by atoms with van der Waals surface area (Å²) in [5.74, 6) is 0.480. The fourth-order valence-electron chi connectivity index (χ4n) is 4.20. The molecule has 3 aromatic rings. The minimum Gasteiger partial charge on any atom is -0.467 e. The molecule has 0 saturated heterocycles. The average Bonchev–Trinajstić information content (AvgIpc) is 3.23. The molecule has 1 N–H and O–H groups in total. The number of rotatable bonds is 3. The minimum atomic E-state index is -0.351. The molecule has 0 unspecified atom stereocenters. The fraction of sp³-hybridized carbons (Fsp3) is 0.208. The zero-order chi connectivity index (χ0) is 19.8. The number of carbonyl (C=O) groups excluding carboxylic acids is 2. The Kier molecular flexibility index (Phi) is 4.35. The van der Waals surface area contributed by atoms with Gasteiger partial charge in [0.25, 0.3) is 0 Å². The van der Waals surface area contributed by atoms with Crippen molar-refractivity contribution in [2.45, 2.75) is 25.3 Å². The van der Waals surface area contributed by atoms with E-state index in [0.29, 0.717) is 23.3 Å². The molecule has 0 spiro atoms. The second-order valence-electron chi connectivity index (χ2n) is 7.47. The molecule has 2 aliphatic rings. The number of nitrogens with zero attached hydrogens (tertiary/aromatic N) is 1. The van der Waals surface area contributed by atoms with Crippen molar-refractivity contribution in [2.24, 2.45) is 10.9 Å². The molecular formula is C24H20N2O3. The third kappa shape index (κ3) is 3.18. The predicted octanol–water partition coefficient (Wildman–Crippen LogP) is 5.12. The van der Waals surface area contributed by atoms with Crippen LogP contribution in [0.4, 0.5) is 11.4 Å². The molecule has 144 valence electrons. The van der Waals surface area contributed by atoms with Gasteiger partial charge in [0, 0.05) is 23.3 Å². The molecule has 0 radical (unpaired) electrons. The number of fused-ring (bicyclic) bond motifs is 2. The van der Waals surface area contributed by atoms with Crippen LogP contribution < -0.4 is 5.32 Å². The monoisotopic (exact) mass is 384 g/mol. The molecule has 0 amide bonds. The number of hydrogen-bond acceptors (Lipinski definition) is 5. The number of hydrogen-bond donors (Lipinski definition) is 1. The summed E-state index contributed by atoms with van der Waals surface area (Å²) in [6.07, 6.45) is 3.78. The topological polar surface area (TPSA) is 71.7 Å². The number of Topliss-reactive ketones (excluding diaryl/α,β-unsaturated/α-hetero) is 1. The maximum atomic E-state index is 12.9. The zero-order valence-corrected chi connectivity index (χ0v) is 15.8. The Balaban J connectivity index is 1.58. The van der Waals surface area contributed by atoms with Gasteiger partial charge in [-0.05, 0) is 43.2 Å². The molecule has 0 bridgehead atoms. The van der Waals surface area contributed by atoms with Gasteiger partial charge in [-0.3, -0.25) is 14.6 Å². The van der Waals surface area contributed by atoms with Gasteiger partial charge < -0.3 is 9.73 Å². The van der Waals surface area contributed by atoms with Crippen LogP contribution in [0.2, 0.25) is 0 Å². The zero-order valence-electron chi connectivity index (χ0n) is 15.8. The standard InChI is InChI=1S/C24H20N2O3/c27-20-9-4-8-18-22(20)23(21-10-5-13-29-21)26-19-14-16(11-12-17(19)25-18)24(28)15-6-2-1-3-7-15/h1-3,5-7,10-14,22-23,26H,4,8-9H2/t22-,23-/m1/s1. The van der Waals surface area contributed by atoms with Crippen molar-refractivity contribution in [2.75, 3.05) is 5.32 Å². The molecule has 29 heavy (non-hydrogen) atoms. The van der Waals surface area contributed by atoms with E-state index in [9.17, 15) is 9.59 Å². The van der Waals surface area contributed by atoms with Crippen LogP contribution in [0.5, 0.6) is 0 Å². The van der Waals surface area contributed by atoms with Crippen molar-refractivity contribution in [3.8, 4) is 0 Å². The summed E-state index contributed by atoms with van der Waals surface area (Å²) >= 11 is 0. The van der Waals surface area contributed by atoms with E-state index in [4.69, 9.17) is 9.41 Å². The Morgan fingerprint density at radius 1 is 1.00 bits per heavy atom. The molecule has 1 aromatic heterocycles. The molecule has 1 fully saturated rings. The second kappa shape index (κ2) is 7.17. The summed E-state index contributed by atoms with van der Waals surface area (Å²) in [4.78, 5) is 30.5. The van der Waals surface area contributed by atoms with Crippen LogP contribution in [0.1, 0.15) is 47.0 Å². The molecule has 1 aliphatic carbocycles. The molecule has 2 aromatic carbocycles. The summed E-state index contributed by atoms with van der Waals surface area (Å²) < 4.78 is 5.65. The lowest BCUT2D eigenvalue weighted by molar-refractivity contribution is -0.122. The first-order valence-electron chi connectivity index (χ1n) is 9.84. The van der Waals surface area contributed by atoms with Crippen LogP contribution in [-0.4, -0.2) is 17.3 Å². The van der Waals surface area contributed by atoms with Gasteiger partial charge in [-0.1, -0.05) is 30.3 Å². The van der Waals surface area contributed by atoms with Gasteiger partial charge in [0.05, 0.1) is 29.6 Å². The Hall–Kier alpha value is -3.47. The van der Waals surface area contributed by atoms with Crippen LogP contribution in [0.15, 0.2) is 76.3 Å². The van der Waals surface area contributed by atoms with Gasteiger partial charge in [0.2, 0.25) is 0 Å². The lowest BCUT2D eigenvalue weighted by Gasteiger charge is -2.28. The van der Waals surface area contributed by atoms with Gasteiger partial charge in [-0.2, -0.15) is 0 Å². The minimum absolute atomic E-state index is 0.0462. The van der Waals surface area contributed by atoms with E-state index < -0.39 is 0 Å². The quantitative estimate of drug-likeness (QED) is 0.636. The van der Waals surface area contributed by atoms with Crippen molar-refractivity contribution in [3.05, 3.63) is 83.8 Å². The third-order valence-electron chi connectivity index (χ3n) is 5.61. The van der Waals surface area contributed by atoms with Crippen molar-refractivity contribution in [3.63, 3.8) is 0 Å². The number of anilines is 1. The first kappa shape index (κ1) is 17.6. The number of aliphatic imine (C=N–C) groups is 1. The summed E-state index contributed by atoms with van der Waals surface area (Å²) in [7, 11) is 0. The van der Waals surface area contributed by atoms with Gasteiger partial charge in [0.15, 0.2) is 5.78 Å². The van der Waals surface area contributed by atoms with Crippen LogP contribution in [0.25, 0.3) is 0 Å². The van der Waals surface area contributed by atoms with Crippen LogP contribution in [-0.2, 0) is 4.79 Å². The highest BCUT2D eigenvalue weighted by Crippen LogP contribution is 2.41. The Labute approximate surface area is 168 Å². The lowest BCUT2D eigenvalue weighted by atomic mass is 9.80. The maximum Gasteiger partial charge on any atom is 0.193 e. The van der Waals surface area contributed by atoms with Crippen LogP contribution >= 0.6 is 0 Å². The van der Waals surface area contributed by atoms with Crippen molar-refractivity contribution < 1.29 is 14.0 Å². The molecule has 5 heteroatoms. The normalized spacial score (nSPS) is 20.7. The summed E-state index contributed by atoms with van der Waals surface area (Å²) in [5.41, 5.74) is 3.59. The van der Waals surface area contributed by atoms with E-state index in [1.165, 1.54) is 0 Å². The molecule has 2 heterocycles. The average molecular weight is 384 g/mol. The summed E-state index contributed by atoms with van der Waals surface area (Å²) in [6, 6.07) is 18.0. The van der Waals surface area contributed by atoms with E-state index in [1.807, 2.05) is 42.5 Å². The number of furan rings is 1. The van der Waals surface area contributed by atoms with E-state index in [-0.39, 0.29) is 23.5 Å². The maximum absolute atomic E-state index is 12.9. The number of ketones is 2. The third-order valence-corrected chi connectivity index (χ3v) is 5.61. The molecular weight excluding hydrogens is 364 g/mol. The Bertz CT molecular complexity index is 1100. The SMILES string of the molecule is O=C(c1ccccc1)c1ccc2c(c1)N[C@H](c1ccco1)[C@H]1C(=O)CCCC1=N2. The molecule has 5 rings (SSSR count). The lowest BCUT2D eigenvalue weighted by Crippen LogP contribution is -2.36. The Morgan fingerprint density at radius 2 is 1.86 bits per heavy atom. The van der Waals surface area contributed by atoms with Gasteiger partial charge in [0.1, 0.15) is 11.5 Å². The van der Waals surface area contributed by atoms with E-state index in [2.05, 4.69) is 5.32 Å². The number of benzene rings is 2. The highest BCUT2D eigenvalue weighted by Gasteiger charge is 2.39. The van der Waals surface area contributed by atoms with Gasteiger partial charge in [-0.25, -0.2) is 0 Å². The van der Waals surface area contributed by atoms with Crippen molar-refractivity contribution in [1.29, 1.82) is 0 Å². The van der Waals surface area contributed by atoms with Crippen LogP contribution in [0.3, 0.4) is 0 Å². The Morgan fingerprint density at radius 3 is 2.66 bits per heavy atom. The number of carbonyl (C=O) groups is 2. The largest absolute Gasteiger partial charge is 0.467 e. The number of nitrogens with one attached hydrogen (secondary N) is 1. The van der Waals surface area contributed by atoms with Gasteiger partial charge >= 0.3 is 0 Å². The first-order chi connectivity index (χ1) is 14.2. The first-order valence-corrected chi connectivity index (χ1v) is 9.84. The smallest absolute Gasteiger partial charge is 0.193 e. The van der Waals surface area contributed by atoms with Gasteiger partial charge in [-0.15, -0.1) is 0 Å². The second-order valence-corrected chi connectivity index (χ2v) is 7.47. The molecule has 5 nitrogen and oxygen atoms in total. The van der Waals surface area contributed by atoms with Crippen LogP contribution in [0, 0.1) is 5.92 Å². The van der Waals surface area contributed by atoms with Crippen molar-refractivity contribution >= 4 is 28.7 Å². The summed E-state index contributed by atoms with van der Waals surface area (Å²) in [6.45, 7) is 0. The van der Waals surface area contributed by atoms with Crippen molar-refractivity contribution in [1.82, 2.24) is 0 Å². The highest BCUT2D eigenvalue weighted by molar-refractivity contribution is 6.12. The molecule has 1 aliphatic heterocycles. The predicted molar refractivity (Wildman–Crippen MR) is 111 cm³/mol. The van der Waals surface area contributed by atoms with E-state index in [0.717, 1.165) is 29.9 Å². The van der Waals surface area contributed by atoms with E-state index >= 15 is 0 Å². The highest BCUT2D eigenvalue weighted by atomic mass is 16.3. The summed E-state index contributed by atoms with van der Waals surface area (Å²) in [5, 5.41) is 3.46. The fourth-order valence-corrected chi connectivity index (χ4v) is 4.20.